The number of esters is 1. The van der Waals surface area contributed by atoms with Crippen molar-refractivity contribution in [3.05, 3.63) is 0 Å². The molecule has 0 aliphatic carbocycles. The summed E-state index contributed by atoms with van der Waals surface area (Å²) in [5.41, 5.74) is 0. The zero-order chi connectivity index (χ0) is 18.2. The molecule has 0 spiro atoms. The van der Waals surface area contributed by atoms with Crippen molar-refractivity contribution in [2.45, 2.75) is 107 Å². The highest BCUT2D eigenvalue weighted by Crippen LogP contribution is 2.20. The van der Waals surface area contributed by atoms with Crippen molar-refractivity contribution in [2.24, 2.45) is 0 Å². The van der Waals surface area contributed by atoms with E-state index in [-0.39, 0.29) is 23.0 Å². The normalized spacial score (nSPS) is 15.0. The van der Waals surface area contributed by atoms with Crippen LogP contribution in [0.2, 0.25) is 0 Å². The molecule has 0 aromatic carbocycles. The second kappa shape index (κ2) is 16.3. The number of carbonyl (C=O) groups is 1. The molecule has 144 valence electrons. The number of halogens is 1. The molecule has 0 saturated heterocycles. The first kappa shape index (κ1) is 23.9. The van der Waals surface area contributed by atoms with Gasteiger partial charge in [-0.3, -0.25) is 4.79 Å². The SMILES string of the molecule is CCCCCC(Br)C(O)CCC(O)CCCCCCCC(=O)OC. The van der Waals surface area contributed by atoms with E-state index >= 15 is 0 Å². The number of unbranched alkanes of at least 4 members (excludes halogenated alkanes) is 6. The average Bonchev–Trinajstić information content (AvgIpc) is 2.58. The second-order valence-corrected chi connectivity index (χ2v) is 7.87. The monoisotopic (exact) mass is 408 g/mol. The second-order valence-electron chi connectivity index (χ2n) is 6.69. The Morgan fingerprint density at radius 1 is 0.917 bits per heavy atom. The Labute approximate surface area is 156 Å². The molecule has 0 aliphatic rings. The molecule has 4 nitrogen and oxygen atoms in total. The molecule has 0 saturated carbocycles. The molecule has 0 amide bonds. The van der Waals surface area contributed by atoms with Gasteiger partial charge in [-0.2, -0.15) is 0 Å². The quantitative estimate of drug-likeness (QED) is 0.220. The Balaban J connectivity index is 3.51. The van der Waals surface area contributed by atoms with E-state index in [9.17, 15) is 15.0 Å². The van der Waals surface area contributed by atoms with Crippen molar-refractivity contribution in [3.63, 3.8) is 0 Å². The lowest BCUT2D eigenvalue weighted by molar-refractivity contribution is -0.140. The van der Waals surface area contributed by atoms with Gasteiger partial charge in [0.25, 0.3) is 0 Å². The molecule has 0 heterocycles. The summed E-state index contributed by atoms with van der Waals surface area (Å²) >= 11 is 3.56. The van der Waals surface area contributed by atoms with Crippen LogP contribution >= 0.6 is 15.9 Å². The zero-order valence-electron chi connectivity index (χ0n) is 15.5. The maximum atomic E-state index is 11.0. The van der Waals surface area contributed by atoms with Crippen LogP contribution in [-0.4, -0.2) is 40.3 Å². The average molecular weight is 409 g/mol. The molecule has 5 heteroatoms. The summed E-state index contributed by atoms with van der Waals surface area (Å²) in [7, 11) is 1.42. The lowest BCUT2D eigenvalue weighted by atomic mass is 10.0. The van der Waals surface area contributed by atoms with Gasteiger partial charge in [-0.25, -0.2) is 0 Å². The number of rotatable bonds is 16. The Morgan fingerprint density at radius 3 is 2.21 bits per heavy atom. The third-order valence-electron chi connectivity index (χ3n) is 4.44. The van der Waals surface area contributed by atoms with E-state index in [1.807, 2.05) is 0 Å². The molecular weight excluding hydrogens is 372 g/mol. The highest BCUT2D eigenvalue weighted by molar-refractivity contribution is 9.09. The number of aliphatic hydroxyl groups is 2. The minimum atomic E-state index is -0.366. The van der Waals surface area contributed by atoms with E-state index in [4.69, 9.17) is 0 Å². The summed E-state index contributed by atoms with van der Waals surface area (Å²) in [6, 6.07) is 0. The molecule has 0 aromatic rings. The first-order valence-corrected chi connectivity index (χ1v) is 10.5. The molecule has 0 bridgehead atoms. The van der Waals surface area contributed by atoms with Crippen LogP contribution in [0.25, 0.3) is 0 Å². The molecule has 0 rings (SSSR count). The van der Waals surface area contributed by atoms with Crippen LogP contribution in [0, 0.1) is 0 Å². The summed E-state index contributed by atoms with van der Waals surface area (Å²) in [6.45, 7) is 2.18. The van der Waals surface area contributed by atoms with Gasteiger partial charge in [0.1, 0.15) is 0 Å². The molecule has 0 radical (unpaired) electrons. The van der Waals surface area contributed by atoms with Crippen molar-refractivity contribution in [2.75, 3.05) is 7.11 Å². The molecule has 3 unspecified atom stereocenters. The summed E-state index contributed by atoms with van der Waals surface area (Å²) in [5.74, 6) is -0.135. The highest BCUT2D eigenvalue weighted by atomic mass is 79.9. The van der Waals surface area contributed by atoms with Crippen LogP contribution in [0.1, 0.15) is 90.4 Å². The van der Waals surface area contributed by atoms with Gasteiger partial charge in [0, 0.05) is 11.2 Å². The van der Waals surface area contributed by atoms with Gasteiger partial charge in [0.2, 0.25) is 0 Å². The standard InChI is InChI=1S/C19H37BrO4/c1-3-4-8-12-17(20)18(22)15-14-16(21)11-9-6-5-7-10-13-19(23)24-2/h16-18,21-22H,3-15H2,1-2H3. The predicted octanol–water partition coefficient (Wildman–Crippen LogP) is 4.74. The predicted molar refractivity (Wildman–Crippen MR) is 102 cm³/mol. The number of hydrogen-bond donors (Lipinski definition) is 2. The number of carbonyl (C=O) groups excluding carboxylic acids is 1. The topological polar surface area (TPSA) is 66.8 Å². The van der Waals surface area contributed by atoms with Crippen molar-refractivity contribution >= 4 is 21.9 Å². The van der Waals surface area contributed by atoms with Crippen molar-refractivity contribution in [3.8, 4) is 0 Å². The molecular formula is C19H37BrO4. The molecule has 24 heavy (non-hydrogen) atoms. The van der Waals surface area contributed by atoms with Crippen LogP contribution in [0.3, 0.4) is 0 Å². The molecule has 3 atom stereocenters. The van der Waals surface area contributed by atoms with Crippen LogP contribution in [-0.2, 0) is 9.53 Å². The Bertz CT molecular complexity index is 299. The number of alkyl halides is 1. The van der Waals surface area contributed by atoms with E-state index in [0.29, 0.717) is 19.3 Å². The van der Waals surface area contributed by atoms with E-state index in [0.717, 1.165) is 51.4 Å². The van der Waals surface area contributed by atoms with Gasteiger partial charge in [-0.15, -0.1) is 0 Å². The summed E-state index contributed by atoms with van der Waals surface area (Å²) < 4.78 is 4.60. The van der Waals surface area contributed by atoms with E-state index in [2.05, 4.69) is 27.6 Å². The largest absolute Gasteiger partial charge is 0.469 e. The molecule has 0 fully saturated rings. The Hall–Kier alpha value is -0.130. The van der Waals surface area contributed by atoms with Gasteiger partial charge in [-0.05, 0) is 32.1 Å². The van der Waals surface area contributed by atoms with Gasteiger partial charge < -0.3 is 14.9 Å². The Morgan fingerprint density at radius 2 is 1.54 bits per heavy atom. The van der Waals surface area contributed by atoms with Gasteiger partial charge in [0.15, 0.2) is 0 Å². The minimum Gasteiger partial charge on any atom is -0.469 e. The highest BCUT2D eigenvalue weighted by Gasteiger charge is 2.17. The minimum absolute atomic E-state index is 0.135. The van der Waals surface area contributed by atoms with Crippen LogP contribution in [0.4, 0.5) is 0 Å². The summed E-state index contributed by atoms with van der Waals surface area (Å²) in [4.78, 5) is 11.1. The fraction of sp³-hybridized carbons (Fsp3) is 0.947. The number of ether oxygens (including phenoxy) is 1. The molecule has 2 N–H and O–H groups in total. The van der Waals surface area contributed by atoms with Crippen molar-refractivity contribution in [1.29, 1.82) is 0 Å². The van der Waals surface area contributed by atoms with Gasteiger partial charge >= 0.3 is 5.97 Å². The third-order valence-corrected chi connectivity index (χ3v) is 5.51. The van der Waals surface area contributed by atoms with E-state index < -0.39 is 0 Å². The maximum Gasteiger partial charge on any atom is 0.305 e. The van der Waals surface area contributed by atoms with Crippen molar-refractivity contribution in [1.82, 2.24) is 0 Å². The van der Waals surface area contributed by atoms with E-state index in [1.165, 1.54) is 20.0 Å². The number of hydrogen-bond acceptors (Lipinski definition) is 4. The molecule has 0 aliphatic heterocycles. The first-order valence-electron chi connectivity index (χ1n) is 9.58. The fourth-order valence-corrected chi connectivity index (χ4v) is 3.34. The summed E-state index contributed by atoms with van der Waals surface area (Å²) in [5, 5.41) is 20.1. The fourth-order valence-electron chi connectivity index (χ4n) is 2.75. The van der Waals surface area contributed by atoms with Gasteiger partial charge in [-0.1, -0.05) is 67.8 Å². The number of aliphatic hydroxyl groups excluding tert-OH is 2. The third kappa shape index (κ3) is 14.2. The summed E-state index contributed by atoms with van der Waals surface area (Å²) in [6.07, 6.45) is 11.6. The Kier molecular flexibility index (Phi) is 16.3. The van der Waals surface area contributed by atoms with Crippen LogP contribution in [0.5, 0.6) is 0 Å². The lowest BCUT2D eigenvalue weighted by Crippen LogP contribution is -2.22. The van der Waals surface area contributed by atoms with Crippen LogP contribution < -0.4 is 0 Å². The van der Waals surface area contributed by atoms with Crippen molar-refractivity contribution < 1.29 is 19.7 Å². The number of methoxy groups -OCH3 is 1. The molecule has 0 aromatic heterocycles. The van der Waals surface area contributed by atoms with Crippen LogP contribution in [0.15, 0.2) is 0 Å². The van der Waals surface area contributed by atoms with Gasteiger partial charge in [0.05, 0.1) is 19.3 Å². The lowest BCUT2D eigenvalue weighted by Gasteiger charge is -2.19. The maximum absolute atomic E-state index is 11.0. The zero-order valence-corrected chi connectivity index (χ0v) is 17.1. The van der Waals surface area contributed by atoms with E-state index in [1.54, 1.807) is 0 Å². The smallest absolute Gasteiger partial charge is 0.305 e. The first-order chi connectivity index (χ1) is 11.5.